The quantitative estimate of drug-likeness (QED) is 0.309. The highest BCUT2D eigenvalue weighted by molar-refractivity contribution is 7.89. The molecule has 3 fully saturated rings. The van der Waals surface area contributed by atoms with Crippen LogP contribution in [0.1, 0.15) is 56.6 Å². The number of nitrogens with zero attached hydrogens (tertiary/aromatic N) is 3. The number of carbonyl (C=O) groups excluding carboxylic acids is 3. The number of ketones is 1. The Morgan fingerprint density at radius 1 is 0.976 bits per heavy atom. The number of amides is 2. The van der Waals surface area contributed by atoms with Gasteiger partial charge in [0.15, 0.2) is 5.54 Å². The number of para-hydroxylation sites is 1. The van der Waals surface area contributed by atoms with E-state index in [-0.39, 0.29) is 28.7 Å². The summed E-state index contributed by atoms with van der Waals surface area (Å²) < 4.78 is 33.9. The smallest absolute Gasteiger partial charge is 0.296 e. The number of likely N-dealkylation sites (N-methyl/N-ethyl adjacent to an activating group) is 1. The molecule has 2 unspecified atom stereocenters. The predicted molar refractivity (Wildman–Crippen MR) is 155 cm³/mol. The maximum Gasteiger partial charge on any atom is 0.296 e. The Labute approximate surface area is 245 Å². The van der Waals surface area contributed by atoms with Crippen molar-refractivity contribution >= 4 is 39.1 Å². The van der Waals surface area contributed by atoms with Crippen LogP contribution in [0.3, 0.4) is 0 Å². The van der Waals surface area contributed by atoms with Gasteiger partial charge in [0.2, 0.25) is 10.0 Å². The van der Waals surface area contributed by atoms with E-state index in [1.165, 1.54) is 38.4 Å². The maximum atomic E-state index is 14.3. The second kappa shape index (κ2) is 10.9. The Hall–Kier alpha value is -3.54. The van der Waals surface area contributed by atoms with Crippen LogP contribution in [0.2, 0.25) is 0 Å². The van der Waals surface area contributed by atoms with Gasteiger partial charge in [-0.2, -0.15) is 4.31 Å². The molecule has 42 heavy (non-hydrogen) atoms. The number of aliphatic hydroxyl groups excluding tert-OH is 1. The van der Waals surface area contributed by atoms with E-state index in [9.17, 15) is 27.9 Å². The summed E-state index contributed by atoms with van der Waals surface area (Å²) in [5.41, 5.74) is -1.04. The number of ether oxygens (including phenoxy) is 1. The minimum atomic E-state index is -3.74. The lowest BCUT2D eigenvalue weighted by Crippen LogP contribution is -2.53. The highest BCUT2D eigenvalue weighted by Crippen LogP contribution is 2.53. The summed E-state index contributed by atoms with van der Waals surface area (Å²) in [5, 5.41) is 11.7. The summed E-state index contributed by atoms with van der Waals surface area (Å²) in [5.74, 6) is -2.87. The van der Waals surface area contributed by atoms with Gasteiger partial charge >= 0.3 is 0 Å². The molecule has 4 aliphatic rings. The molecule has 222 valence electrons. The minimum Gasteiger partial charge on any atom is -0.507 e. The second-order valence-corrected chi connectivity index (χ2v) is 13.2. The molecule has 11 heteroatoms. The number of rotatable bonds is 6. The number of aliphatic hydroxyl groups is 1. The maximum absolute atomic E-state index is 14.3. The van der Waals surface area contributed by atoms with Gasteiger partial charge < -0.3 is 19.6 Å². The third kappa shape index (κ3) is 4.28. The zero-order chi connectivity index (χ0) is 29.6. The van der Waals surface area contributed by atoms with E-state index < -0.39 is 38.9 Å². The van der Waals surface area contributed by atoms with E-state index in [4.69, 9.17) is 4.74 Å². The molecule has 1 spiro atoms. The largest absolute Gasteiger partial charge is 0.507 e. The van der Waals surface area contributed by atoms with Crippen LogP contribution < -0.4 is 4.90 Å². The van der Waals surface area contributed by atoms with Crippen LogP contribution in [0, 0.1) is 0 Å². The Bertz CT molecular complexity index is 1550. The summed E-state index contributed by atoms with van der Waals surface area (Å²) in [7, 11) is -3.74. The molecular weight excluding hydrogens is 558 g/mol. The number of sulfonamides is 1. The molecule has 0 aliphatic carbocycles. The predicted octanol–water partition coefficient (Wildman–Crippen LogP) is 3.37. The first-order chi connectivity index (χ1) is 20.2. The summed E-state index contributed by atoms with van der Waals surface area (Å²) in [6.07, 6.45) is 4.72. The van der Waals surface area contributed by atoms with Crippen molar-refractivity contribution in [2.45, 2.75) is 62.0 Å². The van der Waals surface area contributed by atoms with Crippen molar-refractivity contribution in [3.63, 3.8) is 0 Å². The second-order valence-electron chi connectivity index (χ2n) is 11.2. The number of Topliss-reactive ketones (excluding diaryl/α,β-unsaturated/α-hetero) is 1. The van der Waals surface area contributed by atoms with Gasteiger partial charge in [-0.15, -0.1) is 0 Å². The molecule has 4 aliphatic heterocycles. The van der Waals surface area contributed by atoms with Crippen molar-refractivity contribution < 1.29 is 32.6 Å². The van der Waals surface area contributed by atoms with E-state index in [0.29, 0.717) is 43.9 Å². The van der Waals surface area contributed by atoms with Crippen molar-refractivity contribution in [3.8, 4) is 0 Å². The molecular formula is C31H35N3O7S. The molecule has 2 aromatic rings. The topological polar surface area (TPSA) is 125 Å². The lowest BCUT2D eigenvalue weighted by molar-refractivity contribution is -0.145. The van der Waals surface area contributed by atoms with Crippen molar-refractivity contribution in [1.29, 1.82) is 0 Å². The molecule has 2 atom stereocenters. The van der Waals surface area contributed by atoms with E-state index >= 15 is 0 Å². The molecule has 1 N–H and O–H groups in total. The average Bonchev–Trinajstić information content (AvgIpc) is 3.55. The van der Waals surface area contributed by atoms with E-state index in [1.54, 1.807) is 24.3 Å². The Morgan fingerprint density at radius 3 is 2.31 bits per heavy atom. The average molecular weight is 594 g/mol. The third-order valence-corrected chi connectivity index (χ3v) is 10.8. The van der Waals surface area contributed by atoms with Crippen molar-refractivity contribution in [3.05, 3.63) is 65.2 Å². The zero-order valence-electron chi connectivity index (χ0n) is 23.6. The van der Waals surface area contributed by atoms with Crippen molar-refractivity contribution in [2.75, 3.05) is 37.7 Å². The first-order valence-electron chi connectivity index (χ1n) is 14.7. The van der Waals surface area contributed by atoms with E-state index in [0.717, 1.165) is 32.1 Å². The summed E-state index contributed by atoms with van der Waals surface area (Å²) >= 11 is 0. The summed E-state index contributed by atoms with van der Waals surface area (Å²) in [4.78, 5) is 44.6. The Kier molecular flexibility index (Phi) is 7.44. The number of benzene rings is 2. The van der Waals surface area contributed by atoms with Gasteiger partial charge in [-0.3, -0.25) is 14.4 Å². The van der Waals surface area contributed by atoms with Crippen LogP contribution in [0.5, 0.6) is 0 Å². The molecule has 3 saturated heterocycles. The summed E-state index contributed by atoms with van der Waals surface area (Å²) in [6, 6.07) is 12.6. The van der Waals surface area contributed by atoms with Gasteiger partial charge in [0.05, 0.1) is 22.3 Å². The molecule has 0 radical (unpaired) electrons. The molecule has 0 bridgehead atoms. The number of carbonyl (C=O) groups is 3. The van der Waals surface area contributed by atoms with Crippen LogP contribution in [-0.2, 0) is 34.7 Å². The Morgan fingerprint density at radius 2 is 1.67 bits per heavy atom. The van der Waals surface area contributed by atoms with Gasteiger partial charge in [-0.05, 0) is 62.9 Å². The number of hydrogen-bond acceptors (Lipinski definition) is 7. The Balaban J connectivity index is 1.48. The molecule has 6 rings (SSSR count). The number of fused-ring (bicyclic) bond motifs is 2. The normalized spacial score (nSPS) is 26.3. The first kappa shape index (κ1) is 28.6. The SMILES string of the molecule is CCN1C(=O)C2(/C(=C(/O)c3ccc(S(=O)(=O)N4CCCCCC4)cc3)C(=O)C(=O)N2CC2CCCO2)c2ccccc21. The van der Waals surface area contributed by atoms with Crippen LogP contribution in [0.15, 0.2) is 59.0 Å². The van der Waals surface area contributed by atoms with Crippen molar-refractivity contribution in [1.82, 2.24) is 9.21 Å². The monoisotopic (exact) mass is 593 g/mol. The fourth-order valence-corrected chi connectivity index (χ4v) is 8.30. The fourth-order valence-electron chi connectivity index (χ4n) is 6.78. The minimum absolute atomic E-state index is 0.0198. The van der Waals surface area contributed by atoms with E-state index in [2.05, 4.69) is 0 Å². The lowest BCUT2D eigenvalue weighted by Gasteiger charge is -2.35. The third-order valence-electron chi connectivity index (χ3n) is 8.87. The number of hydrogen-bond donors (Lipinski definition) is 1. The van der Waals surface area contributed by atoms with Crippen LogP contribution in [0.25, 0.3) is 5.76 Å². The van der Waals surface area contributed by atoms with Gasteiger partial charge in [-0.25, -0.2) is 8.42 Å². The van der Waals surface area contributed by atoms with Crippen LogP contribution >= 0.6 is 0 Å². The van der Waals surface area contributed by atoms with Gasteiger partial charge in [0.25, 0.3) is 17.6 Å². The van der Waals surface area contributed by atoms with Crippen LogP contribution in [0.4, 0.5) is 5.69 Å². The molecule has 4 heterocycles. The van der Waals surface area contributed by atoms with Crippen molar-refractivity contribution in [2.24, 2.45) is 0 Å². The van der Waals surface area contributed by atoms with Crippen LogP contribution in [-0.4, -0.2) is 79.2 Å². The number of likely N-dealkylation sites (tertiary alicyclic amines) is 1. The summed E-state index contributed by atoms with van der Waals surface area (Å²) in [6.45, 7) is 3.56. The van der Waals surface area contributed by atoms with Gasteiger partial charge in [0, 0.05) is 43.9 Å². The highest BCUT2D eigenvalue weighted by atomic mass is 32.2. The highest BCUT2D eigenvalue weighted by Gasteiger charge is 2.67. The van der Waals surface area contributed by atoms with Gasteiger partial charge in [-0.1, -0.05) is 31.0 Å². The molecule has 0 saturated carbocycles. The standard InChI is InChI=1S/C31H35N3O7S/c1-2-33-25-12-6-5-11-24(25)31(30(33)38)26(28(36)29(37)34(31)20-22-10-9-19-41-22)27(35)21-13-15-23(16-14-21)42(39,40)32-17-7-3-4-8-18-32/h5-6,11-16,22,35H,2-4,7-10,17-20H2,1H3/b27-26+. The molecule has 2 aromatic carbocycles. The van der Waals surface area contributed by atoms with Gasteiger partial charge in [0.1, 0.15) is 5.76 Å². The number of anilines is 1. The molecule has 0 aromatic heterocycles. The molecule has 10 nitrogen and oxygen atoms in total. The fraction of sp³-hybridized carbons (Fsp3) is 0.452. The zero-order valence-corrected chi connectivity index (χ0v) is 24.4. The molecule has 2 amide bonds. The first-order valence-corrected chi connectivity index (χ1v) is 16.1. The lowest BCUT2D eigenvalue weighted by atomic mass is 9.81. The van der Waals surface area contributed by atoms with E-state index in [1.807, 2.05) is 6.92 Å².